The number of halogens is 4. The van der Waals surface area contributed by atoms with E-state index in [0.29, 0.717) is 33.9 Å². The lowest BCUT2D eigenvalue weighted by Crippen LogP contribution is -2.49. The van der Waals surface area contributed by atoms with Gasteiger partial charge in [-0.15, -0.1) is 0 Å². The van der Waals surface area contributed by atoms with Gasteiger partial charge in [-0.05, 0) is 36.6 Å². The number of nitrogens with zero attached hydrogens (tertiary/aromatic N) is 2. The molecule has 1 aliphatic heterocycles. The van der Waals surface area contributed by atoms with Crippen molar-refractivity contribution in [3.8, 4) is 0 Å². The minimum Gasteiger partial charge on any atom is -0.341 e. The van der Waals surface area contributed by atoms with Gasteiger partial charge in [0.05, 0.1) is 23.0 Å². The van der Waals surface area contributed by atoms with Gasteiger partial charge in [0.25, 0.3) is 0 Å². The van der Waals surface area contributed by atoms with E-state index in [9.17, 15) is 13.2 Å². The Kier molecular flexibility index (Phi) is 7.19. The van der Waals surface area contributed by atoms with Gasteiger partial charge in [0.1, 0.15) is 0 Å². The molecule has 0 radical (unpaired) electrons. The highest BCUT2D eigenvalue weighted by Gasteiger charge is 2.32. The lowest BCUT2D eigenvalue weighted by molar-refractivity contribution is -0.137. The summed E-state index contributed by atoms with van der Waals surface area (Å²) >= 11 is 9.55. The zero-order valence-electron chi connectivity index (χ0n) is 15.5. The van der Waals surface area contributed by atoms with Crippen LogP contribution in [0.25, 0.3) is 0 Å². The predicted molar refractivity (Wildman–Crippen MR) is 118 cm³/mol. The number of hydrogen-bond donors (Lipinski definition) is 1. The van der Waals surface area contributed by atoms with E-state index in [2.05, 4.69) is 0 Å². The van der Waals surface area contributed by atoms with E-state index in [1.165, 1.54) is 23.9 Å². The van der Waals surface area contributed by atoms with E-state index >= 15 is 0 Å². The fraction of sp³-hybridized carbons (Fsp3) is 0.300. The van der Waals surface area contributed by atoms with Crippen LogP contribution in [0.15, 0.2) is 53.5 Å². The minimum atomic E-state index is -4.39. The van der Waals surface area contributed by atoms with E-state index in [0.717, 1.165) is 23.4 Å². The van der Waals surface area contributed by atoms with Gasteiger partial charge >= 0.3 is 6.18 Å². The van der Waals surface area contributed by atoms with Crippen molar-refractivity contribution in [3.05, 3.63) is 64.7 Å². The molecule has 0 aliphatic carbocycles. The summed E-state index contributed by atoms with van der Waals surface area (Å²) in [6, 6.07) is 11.9. The molecule has 9 heteroatoms. The predicted octanol–water partition coefficient (Wildman–Crippen LogP) is 6.19. The van der Waals surface area contributed by atoms with E-state index in [4.69, 9.17) is 22.0 Å². The highest BCUT2D eigenvalue weighted by molar-refractivity contribution is 8.13. The van der Waals surface area contributed by atoms with Crippen LogP contribution in [-0.2, 0) is 6.18 Å². The Morgan fingerprint density at radius 2 is 1.90 bits per heavy atom. The number of benzene rings is 2. The first-order chi connectivity index (χ1) is 13.8. The highest BCUT2D eigenvalue weighted by Crippen LogP contribution is 2.32. The quantitative estimate of drug-likeness (QED) is 0.441. The number of rotatable bonds is 3. The van der Waals surface area contributed by atoms with E-state index in [1.54, 1.807) is 17.8 Å². The van der Waals surface area contributed by atoms with Crippen molar-refractivity contribution in [2.75, 3.05) is 24.3 Å². The molecule has 0 aromatic heterocycles. The monoisotopic (exact) mass is 457 g/mol. The number of hydrogen-bond acceptors (Lipinski definition) is 4. The molecule has 1 unspecified atom stereocenters. The molecule has 1 atom stereocenters. The first kappa shape index (κ1) is 22.1. The molecule has 1 heterocycles. The Balaban J connectivity index is 2.07. The van der Waals surface area contributed by atoms with Gasteiger partial charge in [0.15, 0.2) is 5.17 Å². The van der Waals surface area contributed by atoms with Crippen LogP contribution in [0.1, 0.15) is 11.1 Å². The first-order valence-electron chi connectivity index (χ1n) is 8.79. The molecular formula is C20H19ClF3N3S2. The largest absolute Gasteiger partial charge is 0.416 e. The lowest BCUT2D eigenvalue weighted by atomic mass is 10.0. The molecule has 1 saturated heterocycles. The fourth-order valence-corrected chi connectivity index (χ4v) is 4.78. The number of aliphatic imine (C=N–C) groups is 1. The maximum absolute atomic E-state index is 12.9. The molecule has 0 saturated carbocycles. The highest BCUT2D eigenvalue weighted by atomic mass is 35.5. The second-order valence-electron chi connectivity index (χ2n) is 6.31. The summed E-state index contributed by atoms with van der Waals surface area (Å²) in [7, 11) is 0. The van der Waals surface area contributed by atoms with Gasteiger partial charge in [-0.1, -0.05) is 41.6 Å². The van der Waals surface area contributed by atoms with Gasteiger partial charge < -0.3 is 4.90 Å². The van der Waals surface area contributed by atoms with Crippen LogP contribution in [0, 0.1) is 5.41 Å². The molecule has 154 valence electrons. The van der Waals surface area contributed by atoms with E-state index < -0.39 is 11.7 Å². The summed E-state index contributed by atoms with van der Waals surface area (Å²) in [5, 5.41) is 9.27. The Hall–Kier alpha value is -1.64. The molecule has 1 N–H and O–H groups in total. The number of alkyl halides is 3. The zero-order valence-corrected chi connectivity index (χ0v) is 17.9. The third-order valence-electron chi connectivity index (χ3n) is 4.49. The summed E-state index contributed by atoms with van der Waals surface area (Å²) in [5.41, 5.74) is 1.08. The number of amidine groups is 1. The van der Waals surface area contributed by atoms with Gasteiger partial charge in [-0.2, -0.15) is 24.9 Å². The summed E-state index contributed by atoms with van der Waals surface area (Å²) < 4.78 is 38.6. The molecule has 3 nitrogen and oxygen atoms in total. The third kappa shape index (κ3) is 5.29. The zero-order chi connectivity index (χ0) is 21.0. The summed E-state index contributed by atoms with van der Waals surface area (Å²) in [6.07, 6.45) is -2.54. The van der Waals surface area contributed by atoms with Crippen LogP contribution in [-0.4, -0.2) is 46.1 Å². The molecule has 2 aromatic rings. The maximum Gasteiger partial charge on any atom is 0.416 e. The number of thioether (sulfide) groups is 2. The third-order valence-corrected chi connectivity index (χ3v) is 6.47. The normalized spacial score (nSPS) is 18.0. The van der Waals surface area contributed by atoms with Crippen molar-refractivity contribution in [3.63, 3.8) is 0 Å². The van der Waals surface area contributed by atoms with Crippen LogP contribution in [0.4, 0.5) is 18.9 Å². The summed E-state index contributed by atoms with van der Waals surface area (Å²) in [4.78, 5) is 6.69. The Morgan fingerprint density at radius 1 is 1.21 bits per heavy atom. The second-order valence-corrected chi connectivity index (χ2v) is 8.67. The molecule has 0 spiro atoms. The lowest BCUT2D eigenvalue weighted by Gasteiger charge is -2.37. The average Bonchev–Trinajstić information content (AvgIpc) is 2.72. The molecule has 29 heavy (non-hydrogen) atoms. The Bertz CT molecular complexity index is 901. The van der Waals surface area contributed by atoms with Crippen LogP contribution >= 0.6 is 35.1 Å². The van der Waals surface area contributed by atoms with Gasteiger partial charge in [-0.3, -0.25) is 10.4 Å². The molecule has 3 rings (SSSR count). The summed E-state index contributed by atoms with van der Waals surface area (Å²) in [6.45, 7) is 0.700. The van der Waals surface area contributed by atoms with Crippen molar-refractivity contribution >= 4 is 51.7 Å². The average molecular weight is 458 g/mol. The first-order valence-corrected chi connectivity index (χ1v) is 11.5. The van der Waals surface area contributed by atoms with Crippen molar-refractivity contribution in [1.29, 1.82) is 5.41 Å². The van der Waals surface area contributed by atoms with Crippen LogP contribution in [0.3, 0.4) is 0 Å². The minimum absolute atomic E-state index is 0.198. The van der Waals surface area contributed by atoms with Crippen LogP contribution in [0.5, 0.6) is 0 Å². The van der Waals surface area contributed by atoms with Crippen molar-refractivity contribution in [1.82, 2.24) is 4.90 Å². The maximum atomic E-state index is 12.9. The van der Waals surface area contributed by atoms with Crippen molar-refractivity contribution in [2.24, 2.45) is 4.99 Å². The Labute approximate surface area is 181 Å². The molecular weight excluding hydrogens is 439 g/mol. The fourth-order valence-electron chi connectivity index (χ4n) is 3.04. The van der Waals surface area contributed by atoms with Crippen LogP contribution < -0.4 is 0 Å². The molecule has 1 fully saturated rings. The topological polar surface area (TPSA) is 39.5 Å². The second kappa shape index (κ2) is 9.45. The van der Waals surface area contributed by atoms with Crippen LogP contribution in [0.2, 0.25) is 5.02 Å². The molecule has 0 bridgehead atoms. The van der Waals surface area contributed by atoms with Crippen molar-refractivity contribution in [2.45, 2.75) is 12.2 Å². The standard InChI is InChI=1S/C20H19ClF3N3S2/c1-28-19(25)27-10-11-29-12-17(27)18(15-4-2-3-5-16(15)21)26-14-8-6-13(7-9-14)20(22,23)24/h2-9,17,25H,10-12H2,1H3. The molecule has 0 amide bonds. The Morgan fingerprint density at radius 3 is 2.52 bits per heavy atom. The molecule has 1 aliphatic rings. The van der Waals surface area contributed by atoms with Gasteiger partial charge in [-0.25, -0.2) is 0 Å². The van der Waals surface area contributed by atoms with Crippen molar-refractivity contribution < 1.29 is 13.2 Å². The van der Waals surface area contributed by atoms with Gasteiger partial charge in [0.2, 0.25) is 0 Å². The molecule has 2 aromatic carbocycles. The summed E-state index contributed by atoms with van der Waals surface area (Å²) in [5.74, 6) is 1.61. The van der Waals surface area contributed by atoms with E-state index in [-0.39, 0.29) is 6.04 Å². The van der Waals surface area contributed by atoms with E-state index in [1.807, 2.05) is 29.4 Å². The smallest absolute Gasteiger partial charge is 0.341 e. The SMILES string of the molecule is CSC(=N)N1CCSCC1C(=Nc1ccc(C(F)(F)F)cc1)c1ccccc1Cl. The number of nitrogens with one attached hydrogen (secondary N) is 1. The van der Waals surface area contributed by atoms with Gasteiger partial charge in [0, 0.05) is 28.6 Å².